The van der Waals surface area contributed by atoms with Crippen molar-refractivity contribution in [2.24, 2.45) is 0 Å². The smallest absolute Gasteiger partial charge is 0.230 e. The van der Waals surface area contributed by atoms with Crippen LogP contribution in [0.4, 0.5) is 0 Å². The van der Waals surface area contributed by atoms with E-state index in [2.05, 4.69) is 25.8 Å². The number of nitrogens with zero attached hydrogens (tertiary/aromatic N) is 5. The van der Waals surface area contributed by atoms with Crippen LogP contribution >= 0.6 is 11.8 Å². The molecule has 0 unspecified atom stereocenters. The fourth-order valence-corrected chi connectivity index (χ4v) is 2.45. The van der Waals surface area contributed by atoms with Crippen molar-refractivity contribution in [3.05, 3.63) is 35.9 Å². The van der Waals surface area contributed by atoms with Crippen LogP contribution in [0.15, 0.2) is 24.4 Å². The van der Waals surface area contributed by atoms with Crippen LogP contribution in [0.25, 0.3) is 0 Å². The monoisotopic (exact) mass is 306 g/mol. The Kier molecular flexibility index (Phi) is 5.68. The quantitative estimate of drug-likeness (QED) is 0.827. The summed E-state index contributed by atoms with van der Waals surface area (Å²) in [5.41, 5.74) is 0.847. The number of hydrogen-bond acceptors (Lipinski definition) is 6. The fraction of sp³-hybridized carbons (Fsp3) is 0.462. The Morgan fingerprint density at radius 2 is 2.29 bits per heavy atom. The SMILES string of the molecule is CC(C)n1nnnc1CSCC(=O)NCc1ccccn1. The van der Waals surface area contributed by atoms with Crippen LogP contribution in [0, 0.1) is 0 Å². The van der Waals surface area contributed by atoms with Gasteiger partial charge in [-0.05, 0) is 36.4 Å². The van der Waals surface area contributed by atoms with E-state index in [1.54, 1.807) is 10.9 Å². The van der Waals surface area contributed by atoms with Gasteiger partial charge in [0.2, 0.25) is 5.91 Å². The molecule has 1 N–H and O–H groups in total. The van der Waals surface area contributed by atoms with Crippen molar-refractivity contribution in [3.8, 4) is 0 Å². The van der Waals surface area contributed by atoms with E-state index in [0.717, 1.165) is 11.5 Å². The van der Waals surface area contributed by atoms with Crippen LogP contribution < -0.4 is 5.32 Å². The van der Waals surface area contributed by atoms with Gasteiger partial charge >= 0.3 is 0 Å². The molecule has 8 heteroatoms. The van der Waals surface area contributed by atoms with Gasteiger partial charge in [0.1, 0.15) is 0 Å². The third-order valence-electron chi connectivity index (χ3n) is 2.71. The molecule has 0 aromatic carbocycles. The number of pyridine rings is 1. The van der Waals surface area contributed by atoms with Crippen LogP contribution in [-0.2, 0) is 17.1 Å². The van der Waals surface area contributed by atoms with E-state index < -0.39 is 0 Å². The van der Waals surface area contributed by atoms with Gasteiger partial charge in [-0.15, -0.1) is 16.9 Å². The van der Waals surface area contributed by atoms with Crippen LogP contribution in [0.2, 0.25) is 0 Å². The Morgan fingerprint density at radius 1 is 1.43 bits per heavy atom. The highest BCUT2D eigenvalue weighted by Gasteiger charge is 2.10. The lowest BCUT2D eigenvalue weighted by atomic mass is 10.3. The molecule has 0 aliphatic carbocycles. The molecular formula is C13H18N6OS. The van der Waals surface area contributed by atoms with Gasteiger partial charge in [0, 0.05) is 6.20 Å². The van der Waals surface area contributed by atoms with Gasteiger partial charge in [-0.25, -0.2) is 4.68 Å². The summed E-state index contributed by atoms with van der Waals surface area (Å²) >= 11 is 1.49. The lowest BCUT2D eigenvalue weighted by Gasteiger charge is -2.07. The highest BCUT2D eigenvalue weighted by molar-refractivity contribution is 7.99. The van der Waals surface area contributed by atoms with Gasteiger partial charge < -0.3 is 5.32 Å². The normalized spacial score (nSPS) is 10.8. The molecule has 21 heavy (non-hydrogen) atoms. The molecule has 2 heterocycles. The number of hydrogen-bond donors (Lipinski definition) is 1. The predicted octanol–water partition coefficient (Wildman–Crippen LogP) is 1.20. The van der Waals surface area contributed by atoms with Gasteiger partial charge in [0.25, 0.3) is 0 Å². The first-order valence-electron chi connectivity index (χ1n) is 6.68. The van der Waals surface area contributed by atoms with E-state index in [9.17, 15) is 4.79 Å². The Balaban J connectivity index is 1.71. The topological polar surface area (TPSA) is 85.6 Å². The summed E-state index contributed by atoms with van der Waals surface area (Å²) in [5.74, 6) is 1.75. The number of nitrogens with one attached hydrogen (secondary N) is 1. The van der Waals surface area contributed by atoms with Crippen molar-refractivity contribution in [2.45, 2.75) is 32.2 Å². The lowest BCUT2D eigenvalue weighted by molar-refractivity contribution is -0.118. The van der Waals surface area contributed by atoms with E-state index >= 15 is 0 Å². The molecule has 2 aromatic rings. The molecule has 0 spiro atoms. The lowest BCUT2D eigenvalue weighted by Crippen LogP contribution is -2.25. The van der Waals surface area contributed by atoms with Gasteiger partial charge in [0.15, 0.2) is 5.82 Å². The Bertz CT molecular complexity index is 571. The average molecular weight is 306 g/mol. The van der Waals surface area contributed by atoms with Crippen LogP contribution in [0.1, 0.15) is 31.4 Å². The number of carbonyl (C=O) groups excluding carboxylic acids is 1. The number of amides is 1. The number of thioether (sulfide) groups is 1. The van der Waals surface area contributed by atoms with Crippen molar-refractivity contribution in [2.75, 3.05) is 5.75 Å². The summed E-state index contributed by atoms with van der Waals surface area (Å²) in [6.07, 6.45) is 1.71. The minimum atomic E-state index is -0.0192. The highest BCUT2D eigenvalue weighted by atomic mass is 32.2. The molecule has 0 bridgehead atoms. The summed E-state index contributed by atoms with van der Waals surface area (Å²) in [4.78, 5) is 15.9. The van der Waals surface area contributed by atoms with E-state index in [-0.39, 0.29) is 11.9 Å². The second-order valence-corrected chi connectivity index (χ2v) is 5.71. The van der Waals surface area contributed by atoms with Gasteiger partial charge in [-0.1, -0.05) is 6.07 Å². The van der Waals surface area contributed by atoms with Crippen molar-refractivity contribution in [1.29, 1.82) is 0 Å². The summed E-state index contributed by atoms with van der Waals surface area (Å²) in [5, 5.41) is 14.4. The highest BCUT2D eigenvalue weighted by Crippen LogP contribution is 2.12. The molecule has 0 aliphatic heterocycles. The predicted molar refractivity (Wildman–Crippen MR) is 80.4 cm³/mol. The molecule has 0 atom stereocenters. The van der Waals surface area contributed by atoms with Gasteiger partial charge in [-0.3, -0.25) is 9.78 Å². The van der Waals surface area contributed by atoms with Crippen molar-refractivity contribution in [1.82, 2.24) is 30.5 Å². The first-order chi connectivity index (χ1) is 10.2. The second kappa shape index (κ2) is 7.72. The Labute approximate surface area is 127 Å². The molecule has 2 rings (SSSR count). The van der Waals surface area contributed by atoms with E-state index in [4.69, 9.17) is 0 Å². The zero-order chi connectivity index (χ0) is 15.1. The molecule has 2 aromatic heterocycles. The third kappa shape index (κ3) is 4.82. The van der Waals surface area contributed by atoms with E-state index in [0.29, 0.717) is 18.1 Å². The number of carbonyl (C=O) groups is 1. The number of aromatic nitrogens is 5. The number of rotatable bonds is 7. The minimum Gasteiger partial charge on any atom is -0.350 e. The first-order valence-corrected chi connectivity index (χ1v) is 7.83. The molecule has 0 radical (unpaired) electrons. The van der Waals surface area contributed by atoms with E-state index in [1.165, 1.54) is 11.8 Å². The van der Waals surface area contributed by atoms with Gasteiger partial charge in [0.05, 0.1) is 29.8 Å². The Morgan fingerprint density at radius 3 is 3.00 bits per heavy atom. The van der Waals surface area contributed by atoms with Crippen LogP contribution in [0.5, 0.6) is 0 Å². The molecular weight excluding hydrogens is 288 g/mol. The van der Waals surface area contributed by atoms with Crippen molar-refractivity contribution >= 4 is 17.7 Å². The number of tetrazole rings is 1. The molecule has 0 saturated heterocycles. The second-order valence-electron chi connectivity index (χ2n) is 4.72. The first kappa shape index (κ1) is 15.4. The molecule has 112 valence electrons. The van der Waals surface area contributed by atoms with Gasteiger partial charge in [-0.2, -0.15) is 0 Å². The zero-order valence-corrected chi connectivity index (χ0v) is 12.9. The maximum atomic E-state index is 11.7. The maximum absolute atomic E-state index is 11.7. The largest absolute Gasteiger partial charge is 0.350 e. The average Bonchev–Trinajstić information content (AvgIpc) is 2.95. The van der Waals surface area contributed by atoms with Crippen LogP contribution in [0.3, 0.4) is 0 Å². The molecule has 1 amide bonds. The minimum absolute atomic E-state index is 0.0192. The molecule has 0 aliphatic rings. The van der Waals surface area contributed by atoms with Crippen molar-refractivity contribution in [3.63, 3.8) is 0 Å². The zero-order valence-electron chi connectivity index (χ0n) is 12.1. The Hall–Kier alpha value is -1.96. The van der Waals surface area contributed by atoms with E-state index in [1.807, 2.05) is 32.0 Å². The van der Waals surface area contributed by atoms with Crippen molar-refractivity contribution < 1.29 is 4.79 Å². The maximum Gasteiger partial charge on any atom is 0.230 e. The molecule has 0 saturated carbocycles. The van der Waals surface area contributed by atoms with Crippen LogP contribution in [-0.4, -0.2) is 36.9 Å². The summed E-state index contributed by atoms with van der Waals surface area (Å²) in [6, 6.07) is 5.84. The molecule has 0 fully saturated rings. The summed E-state index contributed by atoms with van der Waals surface area (Å²) < 4.78 is 1.76. The summed E-state index contributed by atoms with van der Waals surface area (Å²) in [6.45, 7) is 4.48. The summed E-state index contributed by atoms with van der Waals surface area (Å²) in [7, 11) is 0. The third-order valence-corrected chi connectivity index (χ3v) is 3.64. The standard InChI is InChI=1S/C13H18N6OS/c1-10(2)19-12(16-17-18-19)8-21-9-13(20)15-7-11-5-3-4-6-14-11/h3-6,10H,7-9H2,1-2H3,(H,15,20). The molecule has 7 nitrogen and oxygen atoms in total. The fourth-order valence-electron chi connectivity index (χ4n) is 1.69.